The van der Waals surface area contributed by atoms with Gasteiger partial charge in [-0.25, -0.2) is 9.22 Å². The van der Waals surface area contributed by atoms with Gasteiger partial charge in [-0.15, -0.1) is 0 Å². The maximum Gasteiger partial charge on any atom is 0.276 e. The predicted octanol–water partition coefficient (Wildman–Crippen LogP) is 3.10. The Morgan fingerprint density at radius 3 is 2.52 bits per heavy atom. The summed E-state index contributed by atoms with van der Waals surface area (Å²) < 4.78 is 37.5. The van der Waals surface area contributed by atoms with Crippen molar-refractivity contribution in [1.29, 1.82) is 0 Å². The highest BCUT2D eigenvalue weighted by atomic mass is 35.5. The first-order valence-electron chi connectivity index (χ1n) is 5.96. The Kier molecular flexibility index (Phi) is 4.59. The second-order valence-electron chi connectivity index (χ2n) is 4.31. The fourth-order valence-electron chi connectivity index (χ4n) is 1.56. The third-order valence-corrected chi connectivity index (χ3v) is 4.22. The first-order valence-corrected chi connectivity index (χ1v) is 7.82. The topological polar surface area (TPSA) is 58.5 Å². The molecule has 110 valence electrons. The third-order valence-electron chi connectivity index (χ3n) is 2.69. The van der Waals surface area contributed by atoms with Crippen molar-refractivity contribution in [2.45, 2.75) is 11.8 Å². The zero-order valence-corrected chi connectivity index (χ0v) is 12.6. The van der Waals surface area contributed by atoms with E-state index < -0.39 is 15.8 Å². The molecule has 0 radical (unpaired) electrons. The molecular weight excluding hydrogens is 315 g/mol. The molecule has 0 bridgehead atoms. The van der Waals surface area contributed by atoms with Crippen molar-refractivity contribution in [1.82, 2.24) is 4.83 Å². The molecule has 1 N–H and O–H groups in total. The van der Waals surface area contributed by atoms with Crippen LogP contribution in [0.2, 0.25) is 5.02 Å². The summed E-state index contributed by atoms with van der Waals surface area (Å²) in [6.45, 7) is 1.85. The monoisotopic (exact) mass is 326 g/mol. The average molecular weight is 327 g/mol. The van der Waals surface area contributed by atoms with Crippen LogP contribution in [0, 0.1) is 12.7 Å². The quantitative estimate of drug-likeness (QED) is 0.693. The van der Waals surface area contributed by atoms with Crippen molar-refractivity contribution in [3.63, 3.8) is 0 Å². The molecule has 21 heavy (non-hydrogen) atoms. The fourth-order valence-corrected chi connectivity index (χ4v) is 2.53. The SMILES string of the molecule is Cc1ccc(S(=O)(=O)NN=Cc2cccc(Cl)c2F)cc1. The first kappa shape index (κ1) is 15.5. The van der Waals surface area contributed by atoms with Crippen molar-refractivity contribution in [3.8, 4) is 0 Å². The number of rotatable bonds is 4. The molecule has 2 aromatic carbocycles. The summed E-state index contributed by atoms with van der Waals surface area (Å²) in [5.41, 5.74) is 1.03. The molecule has 0 spiro atoms. The molecule has 7 heteroatoms. The molecule has 0 aliphatic heterocycles. The standard InChI is InChI=1S/C14H12ClFN2O2S/c1-10-5-7-12(8-6-10)21(19,20)18-17-9-11-3-2-4-13(15)14(11)16/h2-9,18H,1H3. The predicted molar refractivity (Wildman–Crippen MR) is 80.5 cm³/mol. The zero-order valence-electron chi connectivity index (χ0n) is 11.0. The molecule has 0 unspecified atom stereocenters. The van der Waals surface area contributed by atoms with Gasteiger partial charge < -0.3 is 0 Å². The third kappa shape index (κ3) is 3.80. The summed E-state index contributed by atoms with van der Waals surface area (Å²) in [7, 11) is -3.77. The maximum absolute atomic E-state index is 13.6. The Morgan fingerprint density at radius 1 is 1.19 bits per heavy atom. The second kappa shape index (κ2) is 6.24. The van der Waals surface area contributed by atoms with Gasteiger partial charge in [0.15, 0.2) is 5.82 Å². The average Bonchev–Trinajstić information content (AvgIpc) is 2.44. The van der Waals surface area contributed by atoms with E-state index in [0.717, 1.165) is 11.8 Å². The number of nitrogens with one attached hydrogen (secondary N) is 1. The van der Waals surface area contributed by atoms with Gasteiger partial charge in [0, 0.05) is 5.56 Å². The summed E-state index contributed by atoms with van der Waals surface area (Å²) in [6, 6.07) is 10.7. The molecule has 0 fully saturated rings. The smallest absolute Gasteiger partial charge is 0.205 e. The number of aryl methyl sites for hydroxylation is 1. The number of hydrazone groups is 1. The van der Waals surface area contributed by atoms with Crippen molar-refractivity contribution in [2.75, 3.05) is 0 Å². The lowest BCUT2D eigenvalue weighted by atomic mass is 10.2. The Labute approximate surface area is 127 Å². The van der Waals surface area contributed by atoms with E-state index in [2.05, 4.69) is 5.10 Å². The second-order valence-corrected chi connectivity index (χ2v) is 6.38. The fraction of sp³-hybridized carbons (Fsp3) is 0.0714. The number of benzene rings is 2. The first-order chi connectivity index (χ1) is 9.90. The van der Waals surface area contributed by atoms with Gasteiger partial charge in [-0.2, -0.15) is 13.5 Å². The van der Waals surface area contributed by atoms with E-state index in [9.17, 15) is 12.8 Å². The zero-order chi connectivity index (χ0) is 15.5. The molecule has 0 aromatic heterocycles. The summed E-state index contributed by atoms with van der Waals surface area (Å²) in [5, 5.41) is 3.50. The van der Waals surface area contributed by atoms with Gasteiger partial charge >= 0.3 is 0 Å². The number of nitrogens with zero attached hydrogens (tertiary/aromatic N) is 1. The van der Waals surface area contributed by atoms with Gasteiger partial charge in [0.1, 0.15) is 0 Å². The minimum Gasteiger partial charge on any atom is -0.205 e. The highest BCUT2D eigenvalue weighted by molar-refractivity contribution is 7.89. The van der Waals surface area contributed by atoms with Crippen LogP contribution in [0.4, 0.5) is 4.39 Å². The molecule has 2 rings (SSSR count). The van der Waals surface area contributed by atoms with E-state index in [1.54, 1.807) is 18.2 Å². The lowest BCUT2D eigenvalue weighted by molar-refractivity contribution is 0.584. The Hall–Kier alpha value is -1.92. The number of halogens is 2. The van der Waals surface area contributed by atoms with Crippen LogP contribution in [-0.2, 0) is 10.0 Å². The Bertz CT molecular complexity index is 774. The van der Waals surface area contributed by atoms with Gasteiger partial charge in [0.25, 0.3) is 10.0 Å². The van der Waals surface area contributed by atoms with Gasteiger partial charge in [-0.3, -0.25) is 0 Å². The Morgan fingerprint density at radius 2 is 1.86 bits per heavy atom. The van der Waals surface area contributed by atoms with Crippen molar-refractivity contribution in [2.24, 2.45) is 5.10 Å². The molecule has 0 amide bonds. The summed E-state index contributed by atoms with van der Waals surface area (Å²) in [6.07, 6.45) is 1.06. The minimum absolute atomic E-state index is 0.0552. The van der Waals surface area contributed by atoms with Gasteiger partial charge in [0.2, 0.25) is 0 Å². The summed E-state index contributed by atoms with van der Waals surface area (Å²) >= 11 is 5.62. The molecule has 4 nitrogen and oxygen atoms in total. The molecular formula is C14H12ClFN2O2S. The lowest BCUT2D eigenvalue weighted by Crippen LogP contribution is -2.18. The molecule has 0 heterocycles. The highest BCUT2D eigenvalue weighted by Gasteiger charge is 2.12. The van der Waals surface area contributed by atoms with Crippen LogP contribution in [0.15, 0.2) is 52.5 Å². The van der Waals surface area contributed by atoms with Gasteiger partial charge in [0.05, 0.1) is 16.1 Å². The largest absolute Gasteiger partial charge is 0.276 e. The molecule has 2 aromatic rings. The van der Waals surface area contributed by atoms with Crippen LogP contribution >= 0.6 is 11.6 Å². The van der Waals surface area contributed by atoms with E-state index >= 15 is 0 Å². The number of sulfonamides is 1. The van der Waals surface area contributed by atoms with E-state index in [1.807, 2.05) is 11.8 Å². The van der Waals surface area contributed by atoms with Crippen LogP contribution in [0.3, 0.4) is 0 Å². The lowest BCUT2D eigenvalue weighted by Gasteiger charge is -2.03. The van der Waals surface area contributed by atoms with Crippen LogP contribution in [0.25, 0.3) is 0 Å². The summed E-state index contributed by atoms with van der Waals surface area (Å²) in [5.74, 6) is -0.655. The van der Waals surface area contributed by atoms with Crippen molar-refractivity contribution in [3.05, 3.63) is 64.4 Å². The van der Waals surface area contributed by atoms with E-state index in [0.29, 0.717) is 0 Å². The molecule has 0 saturated carbocycles. The molecule has 0 aliphatic rings. The molecule has 0 saturated heterocycles. The molecule has 0 aliphatic carbocycles. The van der Waals surface area contributed by atoms with E-state index in [4.69, 9.17) is 11.6 Å². The van der Waals surface area contributed by atoms with Crippen molar-refractivity contribution < 1.29 is 12.8 Å². The Balaban J connectivity index is 2.16. The number of hydrogen-bond acceptors (Lipinski definition) is 3. The normalized spacial score (nSPS) is 11.8. The van der Waals surface area contributed by atoms with E-state index in [1.165, 1.54) is 24.3 Å². The van der Waals surface area contributed by atoms with Crippen LogP contribution in [0.5, 0.6) is 0 Å². The van der Waals surface area contributed by atoms with E-state index in [-0.39, 0.29) is 15.5 Å². The van der Waals surface area contributed by atoms with Crippen LogP contribution < -0.4 is 4.83 Å². The number of hydrogen-bond donors (Lipinski definition) is 1. The van der Waals surface area contributed by atoms with Crippen molar-refractivity contribution >= 4 is 27.8 Å². The van der Waals surface area contributed by atoms with Gasteiger partial charge in [-0.05, 0) is 25.1 Å². The highest BCUT2D eigenvalue weighted by Crippen LogP contribution is 2.16. The minimum atomic E-state index is -3.77. The van der Waals surface area contributed by atoms with Crippen LogP contribution in [-0.4, -0.2) is 14.6 Å². The van der Waals surface area contributed by atoms with Gasteiger partial charge in [-0.1, -0.05) is 41.4 Å². The van der Waals surface area contributed by atoms with Crippen LogP contribution in [0.1, 0.15) is 11.1 Å². The maximum atomic E-state index is 13.6. The molecule has 0 atom stereocenters. The summed E-state index contributed by atoms with van der Waals surface area (Å²) in [4.78, 5) is 2.10.